The van der Waals surface area contributed by atoms with Gasteiger partial charge in [-0.1, -0.05) is 13.0 Å². The van der Waals surface area contributed by atoms with Crippen LogP contribution in [0, 0.1) is 17.8 Å². The highest BCUT2D eigenvalue weighted by Gasteiger charge is 2.53. The summed E-state index contributed by atoms with van der Waals surface area (Å²) in [5.74, 6) is 1.98. The quantitative estimate of drug-likeness (QED) is 0.607. The molecule has 4 aliphatic carbocycles. The summed E-state index contributed by atoms with van der Waals surface area (Å²) in [6.45, 7) is 11.0. The zero-order valence-corrected chi connectivity index (χ0v) is 21.3. The van der Waals surface area contributed by atoms with E-state index in [1.165, 1.54) is 38.5 Å². The number of carbonyl (C=O) groups excluding carboxylic acids is 2. The molecule has 2 heterocycles. The van der Waals surface area contributed by atoms with Crippen molar-refractivity contribution in [1.82, 2.24) is 19.7 Å². The van der Waals surface area contributed by atoms with Crippen LogP contribution in [0.25, 0.3) is 0 Å². The molecule has 5 fully saturated rings. The van der Waals surface area contributed by atoms with Gasteiger partial charge in [0.15, 0.2) is 0 Å². The Labute approximate surface area is 208 Å². The van der Waals surface area contributed by atoms with E-state index in [0.29, 0.717) is 18.6 Å². The number of pyridine rings is 1. The van der Waals surface area contributed by atoms with Crippen LogP contribution in [-0.4, -0.2) is 64.4 Å². The molecule has 1 saturated heterocycles. The summed E-state index contributed by atoms with van der Waals surface area (Å²) in [7, 11) is 0. The van der Waals surface area contributed by atoms with Crippen molar-refractivity contribution in [3.05, 3.63) is 46.4 Å². The standard InChI is InChI=1S/C28H40N4O3/c1-4-6-29-26(34)23-17-31(19(3)5-2)18-24(25(23)33)27(35)30-7-9-32(10-8-30)28-14-20-11-21(15-28)13-22(12-20)16-28/h4,17-22H,1,5-16H2,2-3H3,(H,29,34). The van der Waals surface area contributed by atoms with Gasteiger partial charge in [0.2, 0.25) is 5.43 Å². The van der Waals surface area contributed by atoms with E-state index in [2.05, 4.69) is 16.8 Å². The number of rotatable bonds is 7. The second kappa shape index (κ2) is 9.57. The zero-order chi connectivity index (χ0) is 24.7. The summed E-state index contributed by atoms with van der Waals surface area (Å²) in [5.41, 5.74) is -0.0271. The highest BCUT2D eigenvalue weighted by molar-refractivity contribution is 5.99. The molecular formula is C28H40N4O3. The van der Waals surface area contributed by atoms with Crippen molar-refractivity contribution in [3.63, 3.8) is 0 Å². The predicted molar refractivity (Wildman–Crippen MR) is 137 cm³/mol. The lowest BCUT2D eigenvalue weighted by Gasteiger charge is -2.61. The minimum atomic E-state index is -0.486. The molecule has 1 aromatic heterocycles. The number of amides is 2. The Kier molecular flexibility index (Phi) is 6.64. The van der Waals surface area contributed by atoms with Gasteiger partial charge in [0.05, 0.1) is 0 Å². The van der Waals surface area contributed by atoms with Crippen LogP contribution in [0.2, 0.25) is 0 Å². The van der Waals surface area contributed by atoms with E-state index in [9.17, 15) is 14.4 Å². The minimum Gasteiger partial charge on any atom is -0.350 e. The van der Waals surface area contributed by atoms with Crippen LogP contribution < -0.4 is 10.7 Å². The first-order valence-electron chi connectivity index (χ1n) is 13.5. The zero-order valence-electron chi connectivity index (χ0n) is 21.3. The largest absolute Gasteiger partial charge is 0.350 e. The summed E-state index contributed by atoms with van der Waals surface area (Å²) >= 11 is 0. The molecule has 7 heteroatoms. The maximum atomic E-state index is 13.6. The molecule has 0 spiro atoms. The fraction of sp³-hybridized carbons (Fsp3) is 0.679. The third kappa shape index (κ3) is 4.48. The van der Waals surface area contributed by atoms with Gasteiger partial charge in [0, 0.05) is 56.7 Å². The number of hydrogen-bond acceptors (Lipinski definition) is 4. The third-order valence-corrected chi connectivity index (χ3v) is 9.27. The van der Waals surface area contributed by atoms with Gasteiger partial charge in [-0.2, -0.15) is 0 Å². The Morgan fingerprint density at radius 2 is 1.63 bits per heavy atom. The van der Waals surface area contributed by atoms with E-state index >= 15 is 0 Å². The van der Waals surface area contributed by atoms with Crippen molar-refractivity contribution >= 4 is 11.8 Å². The van der Waals surface area contributed by atoms with Crippen LogP contribution in [0.15, 0.2) is 29.8 Å². The van der Waals surface area contributed by atoms with E-state index in [1.54, 1.807) is 18.5 Å². The summed E-state index contributed by atoms with van der Waals surface area (Å²) in [6, 6.07) is 0.0704. The first-order valence-corrected chi connectivity index (χ1v) is 13.5. The van der Waals surface area contributed by atoms with E-state index in [0.717, 1.165) is 37.3 Å². The topological polar surface area (TPSA) is 74.7 Å². The molecule has 1 N–H and O–H groups in total. The molecule has 7 nitrogen and oxygen atoms in total. The van der Waals surface area contributed by atoms with Gasteiger partial charge in [-0.25, -0.2) is 0 Å². The lowest BCUT2D eigenvalue weighted by atomic mass is 9.52. The smallest absolute Gasteiger partial charge is 0.259 e. The third-order valence-electron chi connectivity index (χ3n) is 9.27. The second-order valence-corrected chi connectivity index (χ2v) is 11.5. The average molecular weight is 481 g/mol. The van der Waals surface area contributed by atoms with E-state index in [-0.39, 0.29) is 29.6 Å². The second-order valence-electron chi connectivity index (χ2n) is 11.5. The number of aromatic nitrogens is 1. The van der Waals surface area contributed by atoms with E-state index in [4.69, 9.17) is 0 Å². The lowest BCUT2D eigenvalue weighted by molar-refractivity contribution is -0.0987. The maximum Gasteiger partial charge on any atom is 0.259 e. The molecule has 1 aromatic rings. The molecule has 1 unspecified atom stereocenters. The van der Waals surface area contributed by atoms with Gasteiger partial charge < -0.3 is 14.8 Å². The van der Waals surface area contributed by atoms with Crippen molar-refractivity contribution < 1.29 is 9.59 Å². The first-order chi connectivity index (χ1) is 16.8. The molecule has 1 atom stereocenters. The first kappa shape index (κ1) is 24.3. The van der Waals surface area contributed by atoms with E-state index < -0.39 is 11.3 Å². The van der Waals surface area contributed by atoms with Crippen molar-refractivity contribution in [2.24, 2.45) is 17.8 Å². The molecule has 5 aliphatic rings. The molecule has 0 radical (unpaired) electrons. The van der Waals surface area contributed by atoms with Gasteiger partial charge in [-0.15, -0.1) is 6.58 Å². The van der Waals surface area contributed by atoms with Gasteiger partial charge in [-0.3, -0.25) is 19.3 Å². The Morgan fingerprint density at radius 3 is 2.17 bits per heavy atom. The predicted octanol–water partition coefficient (Wildman–Crippen LogP) is 3.46. The molecule has 190 valence electrons. The fourth-order valence-corrected chi connectivity index (χ4v) is 7.64. The molecule has 6 rings (SSSR count). The fourth-order valence-electron chi connectivity index (χ4n) is 7.64. The molecule has 0 aromatic carbocycles. The summed E-state index contributed by atoms with van der Waals surface area (Å²) in [6.07, 6.45) is 13.9. The molecule has 2 amide bonds. The van der Waals surface area contributed by atoms with Crippen molar-refractivity contribution in [3.8, 4) is 0 Å². The highest BCUT2D eigenvalue weighted by Crippen LogP contribution is 2.57. The number of carbonyl (C=O) groups is 2. The number of nitrogens with one attached hydrogen (secondary N) is 1. The minimum absolute atomic E-state index is 0.0187. The van der Waals surface area contributed by atoms with Crippen molar-refractivity contribution in [2.45, 2.75) is 70.4 Å². The molecular weight excluding hydrogens is 440 g/mol. The maximum absolute atomic E-state index is 13.6. The van der Waals surface area contributed by atoms with Crippen LogP contribution in [-0.2, 0) is 0 Å². The number of hydrogen-bond donors (Lipinski definition) is 1. The summed E-state index contributed by atoms with van der Waals surface area (Å²) < 4.78 is 1.84. The number of nitrogens with zero attached hydrogens (tertiary/aromatic N) is 3. The van der Waals surface area contributed by atoms with Crippen LogP contribution in [0.4, 0.5) is 0 Å². The van der Waals surface area contributed by atoms with Crippen molar-refractivity contribution in [2.75, 3.05) is 32.7 Å². The van der Waals surface area contributed by atoms with Gasteiger partial charge in [0.1, 0.15) is 11.1 Å². The molecule has 1 aliphatic heterocycles. The van der Waals surface area contributed by atoms with E-state index in [1.807, 2.05) is 23.3 Å². The van der Waals surface area contributed by atoms with Crippen LogP contribution >= 0.6 is 0 Å². The van der Waals surface area contributed by atoms with Crippen LogP contribution in [0.1, 0.15) is 85.6 Å². The Bertz CT molecular complexity index is 1020. The SMILES string of the molecule is C=CCNC(=O)c1cn(C(C)CC)cc(C(=O)N2CCN(C34CC5CC(CC(C5)C3)C4)CC2)c1=O. The van der Waals surface area contributed by atoms with Gasteiger partial charge in [0.25, 0.3) is 11.8 Å². The average Bonchev–Trinajstić information content (AvgIpc) is 2.85. The lowest BCUT2D eigenvalue weighted by Crippen LogP contribution is -2.64. The number of piperazine rings is 1. The highest BCUT2D eigenvalue weighted by atomic mass is 16.2. The Hall–Kier alpha value is -2.41. The van der Waals surface area contributed by atoms with Gasteiger partial charge >= 0.3 is 0 Å². The normalized spacial score (nSPS) is 30.8. The molecule has 4 saturated carbocycles. The summed E-state index contributed by atoms with van der Waals surface area (Å²) in [5, 5.41) is 2.69. The molecule has 35 heavy (non-hydrogen) atoms. The van der Waals surface area contributed by atoms with Crippen LogP contribution in [0.3, 0.4) is 0 Å². The molecule has 4 bridgehead atoms. The Morgan fingerprint density at radius 1 is 1.06 bits per heavy atom. The van der Waals surface area contributed by atoms with Gasteiger partial charge in [-0.05, 0) is 69.6 Å². The van der Waals surface area contributed by atoms with Crippen molar-refractivity contribution in [1.29, 1.82) is 0 Å². The van der Waals surface area contributed by atoms with Crippen LogP contribution in [0.5, 0.6) is 0 Å². The Balaban J connectivity index is 1.33. The monoisotopic (exact) mass is 480 g/mol. The summed E-state index contributed by atoms with van der Waals surface area (Å²) in [4.78, 5) is 44.0.